The van der Waals surface area contributed by atoms with Crippen LogP contribution in [0.15, 0.2) is 18.2 Å². The summed E-state index contributed by atoms with van der Waals surface area (Å²) in [4.78, 5) is 37.2. The van der Waals surface area contributed by atoms with Crippen molar-refractivity contribution < 1.29 is 23.9 Å². The monoisotopic (exact) mass is 439 g/mol. The number of carbonyl (C=O) groups excluding carboxylic acids is 3. The molecule has 156 valence electrons. The van der Waals surface area contributed by atoms with E-state index in [4.69, 9.17) is 21.1 Å². The molecule has 0 fully saturated rings. The largest absolute Gasteiger partial charge is 0.495 e. The van der Waals surface area contributed by atoms with Gasteiger partial charge in [-0.3, -0.25) is 9.59 Å². The van der Waals surface area contributed by atoms with Gasteiger partial charge in [-0.15, -0.1) is 11.3 Å². The Balaban J connectivity index is 2.22. The first-order valence-corrected chi connectivity index (χ1v) is 9.91. The number of methoxy groups -OCH3 is 1. The second-order valence-corrected chi connectivity index (χ2v) is 7.26. The molecule has 0 aliphatic carbocycles. The molecule has 0 radical (unpaired) electrons. The number of halogens is 1. The van der Waals surface area contributed by atoms with E-state index in [1.807, 2.05) is 0 Å². The molecule has 0 atom stereocenters. The fourth-order valence-electron chi connectivity index (χ4n) is 2.55. The van der Waals surface area contributed by atoms with Gasteiger partial charge in [0.05, 0.1) is 36.4 Å². The predicted octanol–water partition coefficient (Wildman–Crippen LogP) is 3.31. The Morgan fingerprint density at radius 2 is 1.97 bits per heavy atom. The molecule has 0 aliphatic rings. The third-order valence-electron chi connectivity index (χ3n) is 3.91. The molecular weight excluding hydrogens is 418 g/mol. The van der Waals surface area contributed by atoms with E-state index >= 15 is 0 Å². The van der Waals surface area contributed by atoms with Gasteiger partial charge in [-0.2, -0.15) is 0 Å². The van der Waals surface area contributed by atoms with E-state index in [2.05, 4.69) is 16.0 Å². The lowest BCUT2D eigenvalue weighted by Crippen LogP contribution is -2.22. The number of rotatable bonds is 8. The zero-order valence-electron chi connectivity index (χ0n) is 16.5. The quantitative estimate of drug-likeness (QED) is 0.545. The molecule has 2 aromatic rings. The van der Waals surface area contributed by atoms with E-state index in [0.717, 1.165) is 11.3 Å². The van der Waals surface area contributed by atoms with Gasteiger partial charge < -0.3 is 25.4 Å². The van der Waals surface area contributed by atoms with E-state index in [-0.39, 0.29) is 29.6 Å². The summed E-state index contributed by atoms with van der Waals surface area (Å²) in [6.07, 6.45) is 0. The van der Waals surface area contributed by atoms with Gasteiger partial charge in [0, 0.05) is 12.1 Å². The van der Waals surface area contributed by atoms with E-state index in [1.165, 1.54) is 14.2 Å². The van der Waals surface area contributed by atoms with Crippen LogP contribution in [0.4, 0.5) is 10.7 Å². The number of hydrogen-bond acceptors (Lipinski definition) is 7. The predicted molar refractivity (Wildman–Crippen MR) is 114 cm³/mol. The maximum absolute atomic E-state index is 12.5. The van der Waals surface area contributed by atoms with Crippen molar-refractivity contribution in [1.82, 2.24) is 5.32 Å². The number of esters is 1. The zero-order valence-corrected chi connectivity index (χ0v) is 18.0. The smallest absolute Gasteiger partial charge is 0.341 e. The molecule has 10 heteroatoms. The number of amides is 2. The van der Waals surface area contributed by atoms with E-state index in [1.54, 1.807) is 32.0 Å². The highest BCUT2D eigenvalue weighted by Gasteiger charge is 2.26. The van der Waals surface area contributed by atoms with Crippen LogP contribution in [0, 0.1) is 6.92 Å². The molecule has 8 nitrogen and oxygen atoms in total. The minimum Gasteiger partial charge on any atom is -0.495 e. The summed E-state index contributed by atoms with van der Waals surface area (Å²) < 4.78 is 10.3. The highest BCUT2D eigenvalue weighted by Crippen LogP contribution is 2.34. The molecule has 1 heterocycles. The molecule has 1 aromatic carbocycles. The molecule has 2 rings (SSSR count). The molecule has 0 saturated carbocycles. The van der Waals surface area contributed by atoms with E-state index in [9.17, 15) is 14.4 Å². The lowest BCUT2D eigenvalue weighted by Gasteiger charge is -2.12. The summed E-state index contributed by atoms with van der Waals surface area (Å²) in [7, 11) is 3.00. The summed E-state index contributed by atoms with van der Waals surface area (Å²) in [5, 5.41) is 8.88. The molecule has 0 aliphatic heterocycles. The van der Waals surface area contributed by atoms with Gasteiger partial charge in [-0.05, 0) is 37.6 Å². The van der Waals surface area contributed by atoms with Crippen molar-refractivity contribution in [2.45, 2.75) is 13.8 Å². The molecule has 2 amide bonds. The molecular formula is C19H22ClN3O5S. The van der Waals surface area contributed by atoms with Crippen molar-refractivity contribution in [3.8, 4) is 5.75 Å². The molecule has 1 aromatic heterocycles. The van der Waals surface area contributed by atoms with Gasteiger partial charge in [0.2, 0.25) is 5.91 Å². The average molecular weight is 440 g/mol. The minimum absolute atomic E-state index is 0.106. The summed E-state index contributed by atoms with van der Waals surface area (Å²) in [6.45, 7) is 3.38. The first kappa shape index (κ1) is 22.5. The van der Waals surface area contributed by atoms with Gasteiger partial charge >= 0.3 is 5.97 Å². The topological polar surface area (TPSA) is 106 Å². The second kappa shape index (κ2) is 10.1. The Hall–Kier alpha value is -2.78. The fraction of sp³-hybridized carbons (Fsp3) is 0.316. The third kappa shape index (κ3) is 5.39. The zero-order chi connectivity index (χ0) is 21.6. The van der Waals surface area contributed by atoms with Crippen LogP contribution in [0.5, 0.6) is 5.75 Å². The van der Waals surface area contributed by atoms with Gasteiger partial charge in [0.1, 0.15) is 10.8 Å². The highest BCUT2D eigenvalue weighted by atomic mass is 35.5. The maximum atomic E-state index is 12.5. The van der Waals surface area contributed by atoms with Crippen molar-refractivity contribution >= 4 is 51.4 Å². The van der Waals surface area contributed by atoms with Crippen LogP contribution in [-0.2, 0) is 9.53 Å². The third-order valence-corrected chi connectivity index (χ3v) is 5.35. The lowest BCUT2D eigenvalue weighted by atomic mass is 10.1. The first-order valence-electron chi connectivity index (χ1n) is 8.72. The highest BCUT2D eigenvalue weighted by molar-refractivity contribution is 7.18. The van der Waals surface area contributed by atoms with Crippen LogP contribution in [0.25, 0.3) is 0 Å². The number of anilines is 2. The van der Waals surface area contributed by atoms with Crippen LogP contribution >= 0.6 is 22.9 Å². The van der Waals surface area contributed by atoms with Gasteiger partial charge in [-0.25, -0.2) is 4.79 Å². The van der Waals surface area contributed by atoms with Crippen LogP contribution in [0.1, 0.15) is 32.5 Å². The summed E-state index contributed by atoms with van der Waals surface area (Å²) >= 11 is 7.00. The Morgan fingerprint density at radius 3 is 2.59 bits per heavy atom. The van der Waals surface area contributed by atoms with Crippen molar-refractivity contribution in [3.05, 3.63) is 39.2 Å². The maximum Gasteiger partial charge on any atom is 0.341 e. The van der Waals surface area contributed by atoms with Gasteiger partial charge in [0.25, 0.3) is 5.91 Å². The van der Waals surface area contributed by atoms with Gasteiger partial charge in [0.15, 0.2) is 0 Å². The molecule has 3 N–H and O–H groups in total. The van der Waals surface area contributed by atoms with Crippen molar-refractivity contribution in [1.29, 1.82) is 0 Å². The standard InChI is InChI=1S/C19H22ClN3O5S/c1-5-28-19(26)15-10(2)16(17(25)21-3)29-18(15)23-14(24)9-22-12-8-11(20)6-7-13(12)27-4/h6-8,22H,5,9H2,1-4H3,(H,21,25)(H,23,24). The SMILES string of the molecule is CCOC(=O)c1c(NC(=O)CNc2cc(Cl)ccc2OC)sc(C(=O)NC)c1C. The minimum atomic E-state index is -0.601. The second-order valence-electron chi connectivity index (χ2n) is 5.81. The molecule has 0 unspecified atom stereocenters. The molecule has 0 spiro atoms. The fourth-order valence-corrected chi connectivity index (χ4v) is 3.87. The number of hydrogen-bond donors (Lipinski definition) is 3. The van der Waals surface area contributed by atoms with Crippen LogP contribution in [0.2, 0.25) is 5.02 Å². The van der Waals surface area contributed by atoms with Crippen LogP contribution < -0.4 is 20.7 Å². The van der Waals surface area contributed by atoms with Crippen molar-refractivity contribution in [2.24, 2.45) is 0 Å². The summed E-state index contributed by atoms with van der Waals surface area (Å²) in [5.41, 5.74) is 1.17. The molecule has 0 saturated heterocycles. The van der Waals surface area contributed by atoms with E-state index < -0.39 is 11.9 Å². The van der Waals surface area contributed by atoms with Crippen molar-refractivity contribution in [2.75, 3.05) is 37.9 Å². The van der Waals surface area contributed by atoms with Crippen LogP contribution in [-0.4, -0.2) is 45.1 Å². The summed E-state index contributed by atoms with van der Waals surface area (Å²) in [6, 6.07) is 4.99. The molecule has 0 bridgehead atoms. The Kier molecular flexibility index (Phi) is 7.86. The summed E-state index contributed by atoms with van der Waals surface area (Å²) in [5.74, 6) is -0.831. The lowest BCUT2D eigenvalue weighted by molar-refractivity contribution is -0.114. The normalized spacial score (nSPS) is 10.2. The first-order chi connectivity index (χ1) is 13.8. The average Bonchev–Trinajstić information content (AvgIpc) is 3.01. The number of thiophene rings is 1. The van der Waals surface area contributed by atoms with Crippen molar-refractivity contribution in [3.63, 3.8) is 0 Å². The Bertz CT molecular complexity index is 929. The Labute approximate surface area is 177 Å². The number of nitrogens with one attached hydrogen (secondary N) is 3. The molecule has 29 heavy (non-hydrogen) atoms. The van der Waals surface area contributed by atoms with Crippen LogP contribution in [0.3, 0.4) is 0 Å². The number of benzene rings is 1. The Morgan fingerprint density at radius 1 is 1.24 bits per heavy atom. The van der Waals surface area contributed by atoms with E-state index in [0.29, 0.717) is 26.9 Å². The number of ether oxygens (including phenoxy) is 2. The van der Waals surface area contributed by atoms with Gasteiger partial charge in [-0.1, -0.05) is 11.6 Å². The number of carbonyl (C=O) groups is 3.